The van der Waals surface area contributed by atoms with Crippen LogP contribution in [-0.4, -0.2) is 43.5 Å². The molecule has 0 amide bonds. The van der Waals surface area contributed by atoms with Crippen molar-refractivity contribution in [1.82, 2.24) is 25.4 Å². The highest BCUT2D eigenvalue weighted by atomic mass is 16.5. The molecule has 136 valence electrons. The Bertz CT molecular complexity index is 873. The average molecular weight is 359 g/mol. The molecule has 26 heavy (non-hydrogen) atoms. The Morgan fingerprint density at radius 2 is 2.12 bits per heavy atom. The SMILES string of the molecule is CCC(C(=O)O)n1nnc(-c2cc(OCc3ccc(OC)cc3)no2)n1. The maximum Gasteiger partial charge on any atom is 0.330 e. The number of nitrogens with zero attached hydrogens (tertiary/aromatic N) is 5. The van der Waals surface area contributed by atoms with Crippen molar-refractivity contribution in [2.75, 3.05) is 7.11 Å². The Morgan fingerprint density at radius 1 is 1.35 bits per heavy atom. The summed E-state index contributed by atoms with van der Waals surface area (Å²) in [6.07, 6.45) is 0.331. The summed E-state index contributed by atoms with van der Waals surface area (Å²) in [5.41, 5.74) is 0.937. The Kier molecular flexibility index (Phi) is 5.11. The van der Waals surface area contributed by atoms with Crippen LogP contribution in [0.25, 0.3) is 11.6 Å². The normalized spacial score (nSPS) is 11.9. The van der Waals surface area contributed by atoms with E-state index >= 15 is 0 Å². The van der Waals surface area contributed by atoms with E-state index in [0.717, 1.165) is 16.1 Å². The lowest BCUT2D eigenvalue weighted by Gasteiger charge is -2.05. The number of rotatable bonds is 8. The third-order valence-corrected chi connectivity index (χ3v) is 3.63. The van der Waals surface area contributed by atoms with Gasteiger partial charge in [-0.15, -0.1) is 15.0 Å². The lowest BCUT2D eigenvalue weighted by Crippen LogP contribution is -2.20. The molecule has 0 bridgehead atoms. The van der Waals surface area contributed by atoms with Crippen LogP contribution in [0.1, 0.15) is 24.9 Å². The smallest absolute Gasteiger partial charge is 0.330 e. The number of benzene rings is 1. The zero-order valence-corrected chi connectivity index (χ0v) is 14.2. The molecule has 10 heteroatoms. The van der Waals surface area contributed by atoms with Gasteiger partial charge in [-0.25, -0.2) is 4.79 Å². The van der Waals surface area contributed by atoms with Crippen molar-refractivity contribution in [2.24, 2.45) is 0 Å². The largest absolute Gasteiger partial charge is 0.497 e. The minimum Gasteiger partial charge on any atom is -0.497 e. The predicted octanol–water partition coefficient (Wildman–Crippen LogP) is 1.95. The molecule has 3 rings (SSSR count). The second-order valence-electron chi connectivity index (χ2n) is 5.36. The fraction of sp³-hybridized carbons (Fsp3) is 0.312. The van der Waals surface area contributed by atoms with Gasteiger partial charge in [0.15, 0.2) is 6.04 Å². The van der Waals surface area contributed by atoms with Crippen LogP contribution >= 0.6 is 0 Å². The zero-order valence-electron chi connectivity index (χ0n) is 14.2. The van der Waals surface area contributed by atoms with Crippen LogP contribution < -0.4 is 9.47 Å². The van der Waals surface area contributed by atoms with Crippen molar-refractivity contribution < 1.29 is 23.9 Å². The van der Waals surface area contributed by atoms with Crippen molar-refractivity contribution >= 4 is 5.97 Å². The molecule has 1 unspecified atom stereocenters. The van der Waals surface area contributed by atoms with Gasteiger partial charge in [-0.3, -0.25) is 0 Å². The summed E-state index contributed by atoms with van der Waals surface area (Å²) in [4.78, 5) is 12.2. The third kappa shape index (κ3) is 3.79. The van der Waals surface area contributed by atoms with Crippen molar-refractivity contribution in [3.05, 3.63) is 35.9 Å². The minimum atomic E-state index is -1.03. The highest BCUT2D eigenvalue weighted by Gasteiger charge is 2.22. The van der Waals surface area contributed by atoms with Crippen LogP contribution in [0.5, 0.6) is 11.6 Å². The van der Waals surface area contributed by atoms with Gasteiger partial charge in [-0.05, 0) is 34.5 Å². The molecular weight excluding hydrogens is 342 g/mol. The fourth-order valence-corrected chi connectivity index (χ4v) is 2.20. The van der Waals surface area contributed by atoms with Crippen LogP contribution in [0, 0.1) is 0 Å². The summed E-state index contributed by atoms with van der Waals surface area (Å²) < 4.78 is 15.8. The summed E-state index contributed by atoms with van der Waals surface area (Å²) in [5.74, 6) is 0.367. The summed E-state index contributed by atoms with van der Waals surface area (Å²) in [5, 5.41) is 24.5. The van der Waals surface area contributed by atoms with Crippen LogP contribution in [0.4, 0.5) is 0 Å². The number of methoxy groups -OCH3 is 1. The quantitative estimate of drug-likeness (QED) is 0.642. The molecule has 0 spiro atoms. The molecule has 0 radical (unpaired) electrons. The monoisotopic (exact) mass is 359 g/mol. The second-order valence-corrected chi connectivity index (χ2v) is 5.36. The number of hydrogen-bond donors (Lipinski definition) is 1. The molecule has 0 aliphatic carbocycles. The van der Waals surface area contributed by atoms with Gasteiger partial charge in [0.05, 0.1) is 13.2 Å². The van der Waals surface area contributed by atoms with E-state index < -0.39 is 12.0 Å². The van der Waals surface area contributed by atoms with E-state index in [4.69, 9.17) is 19.1 Å². The molecule has 0 saturated carbocycles. The molecule has 1 aromatic carbocycles. The van der Waals surface area contributed by atoms with E-state index in [1.165, 1.54) is 6.07 Å². The molecule has 0 saturated heterocycles. The van der Waals surface area contributed by atoms with Gasteiger partial charge in [0.25, 0.3) is 5.88 Å². The van der Waals surface area contributed by atoms with E-state index in [0.29, 0.717) is 13.0 Å². The molecule has 2 aromatic heterocycles. The van der Waals surface area contributed by atoms with E-state index in [2.05, 4.69) is 20.6 Å². The highest BCUT2D eigenvalue weighted by molar-refractivity contribution is 5.71. The molecule has 0 fully saturated rings. The first-order valence-corrected chi connectivity index (χ1v) is 7.85. The lowest BCUT2D eigenvalue weighted by atomic mass is 10.2. The first kappa shape index (κ1) is 17.4. The fourth-order valence-electron chi connectivity index (χ4n) is 2.20. The van der Waals surface area contributed by atoms with Crippen LogP contribution in [0.2, 0.25) is 0 Å². The van der Waals surface area contributed by atoms with Crippen molar-refractivity contribution in [2.45, 2.75) is 26.0 Å². The third-order valence-electron chi connectivity index (χ3n) is 3.63. The summed E-state index contributed by atoms with van der Waals surface area (Å²) in [6.45, 7) is 2.02. The number of carboxylic acid groups (broad SMARTS) is 1. The molecule has 1 N–H and O–H groups in total. The van der Waals surface area contributed by atoms with E-state index in [9.17, 15) is 4.79 Å². The molecule has 1 atom stereocenters. The number of tetrazole rings is 1. The minimum absolute atomic E-state index is 0.136. The number of ether oxygens (including phenoxy) is 2. The Morgan fingerprint density at radius 3 is 2.77 bits per heavy atom. The van der Waals surface area contributed by atoms with E-state index in [-0.39, 0.29) is 17.5 Å². The molecular formula is C16H17N5O5. The highest BCUT2D eigenvalue weighted by Crippen LogP contribution is 2.22. The van der Waals surface area contributed by atoms with Gasteiger partial charge >= 0.3 is 5.97 Å². The van der Waals surface area contributed by atoms with Crippen LogP contribution in [0.3, 0.4) is 0 Å². The Hall–Kier alpha value is -3.43. The summed E-state index contributed by atoms with van der Waals surface area (Å²) >= 11 is 0. The van der Waals surface area contributed by atoms with Gasteiger partial charge in [-0.2, -0.15) is 0 Å². The maximum absolute atomic E-state index is 11.1. The average Bonchev–Trinajstić information content (AvgIpc) is 3.30. The first-order chi connectivity index (χ1) is 12.6. The van der Waals surface area contributed by atoms with E-state index in [1.807, 2.05) is 24.3 Å². The van der Waals surface area contributed by atoms with Gasteiger partial charge in [0, 0.05) is 0 Å². The lowest BCUT2D eigenvalue weighted by molar-refractivity contribution is -0.141. The van der Waals surface area contributed by atoms with Crippen molar-refractivity contribution in [3.63, 3.8) is 0 Å². The van der Waals surface area contributed by atoms with Crippen LogP contribution in [-0.2, 0) is 11.4 Å². The number of aliphatic carboxylic acids is 1. The van der Waals surface area contributed by atoms with Gasteiger partial charge in [0.1, 0.15) is 12.4 Å². The number of aromatic nitrogens is 5. The number of hydrogen-bond acceptors (Lipinski definition) is 8. The summed E-state index contributed by atoms with van der Waals surface area (Å²) in [6, 6.07) is 8.06. The van der Waals surface area contributed by atoms with Gasteiger partial charge < -0.3 is 19.1 Å². The van der Waals surface area contributed by atoms with Crippen molar-refractivity contribution in [3.8, 4) is 23.2 Å². The zero-order chi connectivity index (χ0) is 18.5. The Labute approximate surface area is 148 Å². The number of carboxylic acids is 1. The molecule has 3 aromatic rings. The topological polar surface area (TPSA) is 125 Å². The van der Waals surface area contributed by atoms with Gasteiger partial charge in [0.2, 0.25) is 11.6 Å². The molecule has 2 heterocycles. The van der Waals surface area contributed by atoms with Crippen LogP contribution in [0.15, 0.2) is 34.9 Å². The molecule has 10 nitrogen and oxygen atoms in total. The predicted molar refractivity (Wildman–Crippen MR) is 87.6 cm³/mol. The Balaban J connectivity index is 1.66. The van der Waals surface area contributed by atoms with E-state index in [1.54, 1.807) is 14.0 Å². The number of carbonyl (C=O) groups is 1. The first-order valence-electron chi connectivity index (χ1n) is 7.85. The molecule has 0 aliphatic rings. The second kappa shape index (κ2) is 7.64. The molecule has 0 aliphatic heterocycles. The standard InChI is InChI=1S/C16H17N5O5/c1-3-12(16(22)23)21-18-15(17-20-21)13-8-14(19-26-13)25-9-10-4-6-11(24-2)7-5-10/h4-8,12H,3,9H2,1-2H3,(H,22,23). The van der Waals surface area contributed by atoms with Gasteiger partial charge in [-0.1, -0.05) is 19.1 Å². The summed E-state index contributed by atoms with van der Waals surface area (Å²) in [7, 11) is 1.60. The maximum atomic E-state index is 11.1. The van der Waals surface area contributed by atoms with Crippen molar-refractivity contribution in [1.29, 1.82) is 0 Å².